The highest BCUT2D eigenvalue weighted by Crippen LogP contribution is 2.27. The number of aromatic nitrogens is 5. The lowest BCUT2D eigenvalue weighted by Crippen LogP contribution is -2.36. The Balaban J connectivity index is 1.33. The predicted octanol–water partition coefficient (Wildman–Crippen LogP) is 3.03. The van der Waals surface area contributed by atoms with Crippen molar-refractivity contribution in [1.29, 1.82) is 0 Å². The maximum Gasteiger partial charge on any atom is 0.410 e. The van der Waals surface area contributed by atoms with E-state index >= 15 is 0 Å². The molecule has 5 rings (SSSR count). The molecule has 0 aromatic carbocycles. The molecule has 1 N–H and O–H groups in total. The summed E-state index contributed by atoms with van der Waals surface area (Å²) in [5.74, 6) is 0.834. The number of fused-ring (bicyclic) bond motifs is 1. The van der Waals surface area contributed by atoms with Crippen LogP contribution < -0.4 is 5.32 Å². The molecule has 1 atom stereocenters. The van der Waals surface area contributed by atoms with Crippen molar-refractivity contribution < 1.29 is 14.3 Å². The lowest BCUT2D eigenvalue weighted by molar-refractivity contribution is 0.00601. The molecule has 10 nitrogen and oxygen atoms in total. The second-order valence-electron chi connectivity index (χ2n) is 9.68. The number of aryl methyl sites for hydroxylation is 1. The number of hydrogen-bond acceptors (Lipinski definition) is 8. The molecule has 0 bridgehead atoms. The number of ether oxygens (including phenoxy) is 2. The highest BCUT2D eigenvalue weighted by atomic mass is 16.6. The van der Waals surface area contributed by atoms with E-state index in [0.29, 0.717) is 38.2 Å². The fourth-order valence-electron chi connectivity index (χ4n) is 4.11. The van der Waals surface area contributed by atoms with Gasteiger partial charge in [0.15, 0.2) is 5.65 Å². The number of anilines is 1. The van der Waals surface area contributed by atoms with Crippen molar-refractivity contribution in [2.75, 3.05) is 31.6 Å². The summed E-state index contributed by atoms with van der Waals surface area (Å²) in [6.45, 7) is 10.3. The molecule has 2 aliphatic heterocycles. The van der Waals surface area contributed by atoms with E-state index in [4.69, 9.17) is 19.6 Å². The second-order valence-corrected chi connectivity index (χ2v) is 9.68. The van der Waals surface area contributed by atoms with Crippen LogP contribution in [0.4, 0.5) is 10.7 Å². The quantitative estimate of drug-likeness (QED) is 0.645. The third-order valence-electron chi connectivity index (χ3n) is 5.84. The first-order valence-electron chi connectivity index (χ1n) is 11.3. The SMILES string of the molecule is Cc1cc2ncc(-c3ccnc(NC4CCN(C(=O)OC(C)(C)C)C4)n3)n2nc1C1COC1. The van der Waals surface area contributed by atoms with Gasteiger partial charge in [0.05, 0.1) is 36.7 Å². The summed E-state index contributed by atoms with van der Waals surface area (Å²) in [5.41, 5.74) is 3.96. The molecule has 1 unspecified atom stereocenters. The Kier molecular flexibility index (Phi) is 5.40. The molecule has 5 heterocycles. The molecule has 0 radical (unpaired) electrons. The van der Waals surface area contributed by atoms with E-state index in [-0.39, 0.29) is 12.1 Å². The molecular weight excluding hydrogens is 422 g/mol. The zero-order valence-corrected chi connectivity index (χ0v) is 19.4. The Morgan fingerprint density at radius 2 is 2.09 bits per heavy atom. The molecule has 174 valence electrons. The van der Waals surface area contributed by atoms with Crippen molar-refractivity contribution in [3.63, 3.8) is 0 Å². The van der Waals surface area contributed by atoms with Crippen LogP contribution in [0.5, 0.6) is 0 Å². The molecule has 2 saturated heterocycles. The topological polar surface area (TPSA) is 107 Å². The Morgan fingerprint density at radius 3 is 2.82 bits per heavy atom. The average Bonchev–Trinajstić information content (AvgIpc) is 3.33. The number of rotatable bonds is 4. The lowest BCUT2D eigenvalue weighted by Gasteiger charge is -2.26. The first kappa shape index (κ1) is 21.6. The average molecular weight is 452 g/mol. The van der Waals surface area contributed by atoms with Gasteiger partial charge in [0.2, 0.25) is 5.95 Å². The van der Waals surface area contributed by atoms with Crippen LogP contribution in [-0.4, -0.2) is 73.5 Å². The van der Waals surface area contributed by atoms with Crippen molar-refractivity contribution in [2.45, 2.75) is 51.7 Å². The molecule has 2 fully saturated rings. The van der Waals surface area contributed by atoms with Gasteiger partial charge in [-0.25, -0.2) is 24.3 Å². The summed E-state index contributed by atoms with van der Waals surface area (Å²) in [4.78, 5) is 27.7. The van der Waals surface area contributed by atoms with Gasteiger partial charge in [0.1, 0.15) is 11.3 Å². The fraction of sp³-hybridized carbons (Fsp3) is 0.522. The summed E-state index contributed by atoms with van der Waals surface area (Å²) < 4.78 is 12.7. The number of amides is 1. The van der Waals surface area contributed by atoms with Crippen molar-refractivity contribution >= 4 is 17.7 Å². The highest BCUT2D eigenvalue weighted by Gasteiger charge is 2.30. The minimum Gasteiger partial charge on any atom is -0.444 e. The third kappa shape index (κ3) is 4.47. The highest BCUT2D eigenvalue weighted by molar-refractivity contribution is 5.68. The first-order valence-corrected chi connectivity index (χ1v) is 11.3. The Hall–Kier alpha value is -3.27. The van der Waals surface area contributed by atoms with Crippen molar-refractivity contribution in [3.05, 3.63) is 35.8 Å². The standard InChI is InChI=1S/C23H29N7O3/c1-14-9-19-25-10-18(30(19)28-20(14)15-12-32-13-15)17-5-7-24-21(27-17)26-16-6-8-29(11-16)22(31)33-23(2,3)4/h5,7,9-10,15-16H,6,8,11-13H2,1-4H3,(H,24,26,27). The predicted molar refractivity (Wildman–Crippen MR) is 122 cm³/mol. The lowest BCUT2D eigenvalue weighted by atomic mass is 10.00. The summed E-state index contributed by atoms with van der Waals surface area (Å²) in [6, 6.07) is 3.96. The summed E-state index contributed by atoms with van der Waals surface area (Å²) in [5, 5.41) is 8.22. The first-order chi connectivity index (χ1) is 15.8. The van der Waals surface area contributed by atoms with E-state index in [1.54, 1.807) is 17.3 Å². The van der Waals surface area contributed by atoms with Gasteiger partial charge in [-0.1, -0.05) is 0 Å². The largest absolute Gasteiger partial charge is 0.444 e. The number of nitrogens with one attached hydrogen (secondary N) is 1. The summed E-state index contributed by atoms with van der Waals surface area (Å²) in [7, 11) is 0. The van der Waals surface area contributed by atoms with Crippen LogP contribution >= 0.6 is 0 Å². The fourth-order valence-corrected chi connectivity index (χ4v) is 4.11. The van der Waals surface area contributed by atoms with Crippen LogP contribution in [0.15, 0.2) is 24.5 Å². The minimum absolute atomic E-state index is 0.0564. The molecule has 2 aliphatic rings. The van der Waals surface area contributed by atoms with Gasteiger partial charge in [-0.2, -0.15) is 5.10 Å². The summed E-state index contributed by atoms with van der Waals surface area (Å²) >= 11 is 0. The molecule has 33 heavy (non-hydrogen) atoms. The number of imidazole rings is 1. The molecule has 1 amide bonds. The van der Waals surface area contributed by atoms with Crippen LogP contribution in [0.25, 0.3) is 17.0 Å². The van der Waals surface area contributed by atoms with Gasteiger partial charge >= 0.3 is 6.09 Å². The van der Waals surface area contributed by atoms with Crippen molar-refractivity contribution in [2.24, 2.45) is 0 Å². The van der Waals surface area contributed by atoms with E-state index in [2.05, 4.69) is 22.2 Å². The van der Waals surface area contributed by atoms with Gasteiger partial charge in [-0.05, 0) is 51.8 Å². The number of nitrogens with zero attached hydrogens (tertiary/aromatic N) is 6. The van der Waals surface area contributed by atoms with Crippen molar-refractivity contribution in [3.8, 4) is 11.4 Å². The second kappa shape index (κ2) is 8.26. The van der Waals surface area contributed by atoms with Gasteiger partial charge < -0.3 is 19.7 Å². The number of carbonyl (C=O) groups is 1. The van der Waals surface area contributed by atoms with Crippen LogP contribution in [0, 0.1) is 6.92 Å². The zero-order chi connectivity index (χ0) is 23.2. The maximum absolute atomic E-state index is 12.3. The van der Waals surface area contributed by atoms with Crippen LogP contribution in [-0.2, 0) is 9.47 Å². The smallest absolute Gasteiger partial charge is 0.410 e. The van der Waals surface area contributed by atoms with E-state index in [9.17, 15) is 4.79 Å². The molecule has 0 saturated carbocycles. The molecule has 3 aromatic heterocycles. The van der Waals surface area contributed by atoms with E-state index in [1.165, 1.54) is 0 Å². The monoisotopic (exact) mass is 451 g/mol. The Labute approximate surface area is 192 Å². The van der Waals surface area contributed by atoms with E-state index < -0.39 is 5.60 Å². The van der Waals surface area contributed by atoms with Crippen LogP contribution in [0.3, 0.4) is 0 Å². The Bertz CT molecular complexity index is 1180. The van der Waals surface area contributed by atoms with Gasteiger partial charge in [0, 0.05) is 25.3 Å². The van der Waals surface area contributed by atoms with Gasteiger partial charge in [-0.3, -0.25) is 0 Å². The zero-order valence-electron chi connectivity index (χ0n) is 19.4. The maximum atomic E-state index is 12.3. The Morgan fingerprint density at radius 1 is 1.27 bits per heavy atom. The van der Waals surface area contributed by atoms with Gasteiger partial charge in [-0.15, -0.1) is 0 Å². The van der Waals surface area contributed by atoms with E-state index in [0.717, 1.165) is 34.7 Å². The normalized spacial score (nSPS) is 19.0. The summed E-state index contributed by atoms with van der Waals surface area (Å²) in [6.07, 6.45) is 4.02. The molecule has 0 spiro atoms. The minimum atomic E-state index is -0.508. The van der Waals surface area contributed by atoms with E-state index in [1.807, 2.05) is 37.4 Å². The van der Waals surface area contributed by atoms with Crippen LogP contribution in [0.2, 0.25) is 0 Å². The third-order valence-corrected chi connectivity index (χ3v) is 5.84. The number of carbonyl (C=O) groups excluding carboxylic acids is 1. The molecule has 0 aliphatic carbocycles. The molecule has 3 aromatic rings. The molecule has 10 heteroatoms. The number of hydrogen-bond donors (Lipinski definition) is 1. The number of likely N-dealkylation sites (tertiary alicyclic amines) is 1. The van der Waals surface area contributed by atoms with Crippen LogP contribution in [0.1, 0.15) is 44.4 Å². The molecular formula is C23H29N7O3. The van der Waals surface area contributed by atoms with Crippen molar-refractivity contribution in [1.82, 2.24) is 29.5 Å². The van der Waals surface area contributed by atoms with Gasteiger partial charge in [0.25, 0.3) is 0 Å².